The van der Waals surface area contributed by atoms with Crippen molar-refractivity contribution in [3.8, 4) is 17.0 Å². The molecule has 24 heavy (non-hydrogen) atoms. The van der Waals surface area contributed by atoms with Gasteiger partial charge in [-0.05, 0) is 41.7 Å². The standard InChI is InChI=1S/C17H19F2NO3S/c1-10(2)15-8-12(5-6-13(15)9-24(21)22)14-7-4-11(3)20-16(14)23-17(18)19/h4-8,10,17,24H,9H2,1-3H3. The van der Waals surface area contributed by atoms with E-state index in [0.29, 0.717) is 22.4 Å². The van der Waals surface area contributed by atoms with Gasteiger partial charge < -0.3 is 4.74 Å². The molecule has 0 aliphatic carbocycles. The predicted molar refractivity (Wildman–Crippen MR) is 89.1 cm³/mol. The molecule has 2 aromatic rings. The average Bonchev–Trinajstić information content (AvgIpc) is 2.46. The van der Waals surface area contributed by atoms with Gasteiger partial charge in [0.05, 0.1) is 5.75 Å². The van der Waals surface area contributed by atoms with E-state index in [2.05, 4.69) is 9.72 Å². The molecule has 7 heteroatoms. The van der Waals surface area contributed by atoms with Crippen LogP contribution in [-0.4, -0.2) is 20.0 Å². The maximum atomic E-state index is 12.6. The third-order valence-electron chi connectivity index (χ3n) is 3.58. The van der Waals surface area contributed by atoms with E-state index in [1.165, 1.54) is 0 Å². The van der Waals surface area contributed by atoms with Crippen LogP contribution in [0.4, 0.5) is 8.78 Å². The molecular weight excluding hydrogens is 336 g/mol. The Bertz CT molecular complexity index is 796. The Morgan fingerprint density at radius 3 is 2.46 bits per heavy atom. The maximum Gasteiger partial charge on any atom is 0.388 e. The van der Waals surface area contributed by atoms with E-state index in [1.807, 2.05) is 19.9 Å². The van der Waals surface area contributed by atoms with E-state index < -0.39 is 17.3 Å². The number of hydrogen-bond acceptors (Lipinski definition) is 4. The minimum absolute atomic E-state index is 0.0460. The van der Waals surface area contributed by atoms with Gasteiger partial charge in [-0.2, -0.15) is 8.78 Å². The number of aromatic nitrogens is 1. The van der Waals surface area contributed by atoms with Crippen molar-refractivity contribution < 1.29 is 21.9 Å². The van der Waals surface area contributed by atoms with Crippen LogP contribution >= 0.6 is 0 Å². The third kappa shape index (κ3) is 4.50. The lowest BCUT2D eigenvalue weighted by Gasteiger charge is -2.15. The second kappa shape index (κ2) is 7.70. The monoisotopic (exact) mass is 355 g/mol. The molecule has 0 unspecified atom stereocenters. The van der Waals surface area contributed by atoms with Crippen LogP contribution in [0.2, 0.25) is 0 Å². The molecule has 0 amide bonds. The van der Waals surface area contributed by atoms with E-state index in [0.717, 1.165) is 5.56 Å². The lowest BCUT2D eigenvalue weighted by molar-refractivity contribution is -0.0524. The number of ether oxygens (including phenoxy) is 1. The molecule has 0 spiro atoms. The summed E-state index contributed by atoms with van der Waals surface area (Å²) in [6.07, 6.45) is 0. The lowest BCUT2D eigenvalue weighted by Crippen LogP contribution is -2.06. The first-order valence-electron chi connectivity index (χ1n) is 7.45. The van der Waals surface area contributed by atoms with Crippen LogP contribution in [-0.2, 0) is 16.5 Å². The molecule has 130 valence electrons. The normalized spacial score (nSPS) is 11.5. The number of rotatable bonds is 6. The molecule has 0 bridgehead atoms. The first-order valence-corrected chi connectivity index (χ1v) is 8.81. The van der Waals surface area contributed by atoms with Gasteiger partial charge in [-0.25, -0.2) is 13.4 Å². The summed E-state index contributed by atoms with van der Waals surface area (Å²) in [5.74, 6) is -0.0921. The van der Waals surface area contributed by atoms with Crippen LogP contribution < -0.4 is 4.74 Å². The van der Waals surface area contributed by atoms with E-state index in [4.69, 9.17) is 0 Å². The van der Waals surface area contributed by atoms with Gasteiger partial charge in [0.25, 0.3) is 0 Å². The number of aryl methyl sites for hydroxylation is 1. The van der Waals surface area contributed by atoms with Crippen LogP contribution in [0.1, 0.15) is 36.6 Å². The molecule has 1 heterocycles. The van der Waals surface area contributed by atoms with Gasteiger partial charge in [0, 0.05) is 11.3 Å². The molecule has 1 aromatic carbocycles. The van der Waals surface area contributed by atoms with E-state index in [1.54, 1.807) is 31.2 Å². The Morgan fingerprint density at radius 2 is 1.88 bits per heavy atom. The van der Waals surface area contributed by atoms with E-state index >= 15 is 0 Å². The molecular formula is C17H19F2NO3S. The number of nitrogens with zero attached hydrogens (tertiary/aromatic N) is 1. The first-order chi connectivity index (χ1) is 11.3. The molecule has 4 nitrogen and oxygen atoms in total. The molecule has 0 saturated heterocycles. The number of halogens is 2. The number of hydrogen-bond donors (Lipinski definition) is 1. The van der Waals surface area contributed by atoms with Crippen LogP contribution in [0.3, 0.4) is 0 Å². The topological polar surface area (TPSA) is 56.3 Å². The zero-order valence-corrected chi connectivity index (χ0v) is 14.5. The minimum atomic E-state index is -2.97. The zero-order valence-electron chi connectivity index (χ0n) is 13.6. The highest BCUT2D eigenvalue weighted by Gasteiger charge is 2.16. The van der Waals surface area contributed by atoms with Crippen molar-refractivity contribution in [2.45, 2.75) is 39.1 Å². The molecule has 1 aromatic heterocycles. The molecule has 0 aliphatic rings. The summed E-state index contributed by atoms with van der Waals surface area (Å²) in [7, 11) is -2.54. The van der Waals surface area contributed by atoms with Gasteiger partial charge in [0.15, 0.2) is 0 Å². The maximum absolute atomic E-state index is 12.6. The van der Waals surface area contributed by atoms with Gasteiger partial charge >= 0.3 is 6.61 Å². The van der Waals surface area contributed by atoms with E-state index in [9.17, 15) is 17.2 Å². The average molecular weight is 355 g/mol. The summed E-state index contributed by atoms with van der Waals surface area (Å²) in [4.78, 5) is 4.04. The van der Waals surface area contributed by atoms with Crippen molar-refractivity contribution in [2.24, 2.45) is 0 Å². The Kier molecular flexibility index (Phi) is 5.88. The van der Waals surface area contributed by atoms with Crippen molar-refractivity contribution in [1.29, 1.82) is 0 Å². The smallest absolute Gasteiger partial charge is 0.388 e. The summed E-state index contributed by atoms with van der Waals surface area (Å²) in [6, 6.07) is 8.61. The fourth-order valence-corrected chi connectivity index (χ4v) is 3.08. The fraction of sp³-hybridized carbons (Fsp3) is 0.353. The molecule has 2 rings (SSSR count). The first kappa shape index (κ1) is 18.3. The van der Waals surface area contributed by atoms with Crippen LogP contribution in [0.25, 0.3) is 11.1 Å². The van der Waals surface area contributed by atoms with Crippen LogP contribution in [0.5, 0.6) is 5.88 Å². The van der Waals surface area contributed by atoms with Crippen molar-refractivity contribution in [2.75, 3.05) is 0 Å². The summed E-state index contributed by atoms with van der Waals surface area (Å²) in [5.41, 5.74) is 3.24. The van der Waals surface area contributed by atoms with Gasteiger partial charge in [-0.15, -0.1) is 0 Å². The molecule has 0 saturated carbocycles. The summed E-state index contributed by atoms with van der Waals surface area (Å²) >= 11 is 0. The zero-order chi connectivity index (χ0) is 17.9. The minimum Gasteiger partial charge on any atom is -0.416 e. The van der Waals surface area contributed by atoms with Gasteiger partial charge in [-0.1, -0.05) is 32.0 Å². The third-order valence-corrected chi connectivity index (χ3v) is 4.18. The van der Waals surface area contributed by atoms with Gasteiger partial charge in [0.1, 0.15) is 10.7 Å². The van der Waals surface area contributed by atoms with Crippen LogP contribution in [0, 0.1) is 6.92 Å². The number of pyridine rings is 1. The second-order valence-corrected chi connectivity index (χ2v) is 6.72. The Balaban J connectivity index is 2.55. The summed E-state index contributed by atoms with van der Waals surface area (Å²) in [5, 5.41) is 0. The Labute approximate surface area is 141 Å². The van der Waals surface area contributed by atoms with Gasteiger partial charge in [0.2, 0.25) is 5.88 Å². The highest BCUT2D eigenvalue weighted by atomic mass is 32.2. The lowest BCUT2D eigenvalue weighted by atomic mass is 9.93. The SMILES string of the molecule is Cc1ccc(-c2ccc(C[SH](=O)=O)c(C(C)C)c2)c(OC(F)F)n1. The Morgan fingerprint density at radius 1 is 1.17 bits per heavy atom. The molecule has 0 radical (unpaired) electrons. The molecule has 0 aliphatic heterocycles. The number of alkyl halides is 2. The Hall–Kier alpha value is -2.02. The van der Waals surface area contributed by atoms with Crippen LogP contribution in [0.15, 0.2) is 30.3 Å². The molecule has 0 N–H and O–H groups in total. The van der Waals surface area contributed by atoms with Gasteiger partial charge in [-0.3, -0.25) is 0 Å². The van der Waals surface area contributed by atoms with Crippen molar-refractivity contribution in [1.82, 2.24) is 4.98 Å². The summed E-state index contributed by atoms with van der Waals surface area (Å²) < 4.78 is 51.9. The van der Waals surface area contributed by atoms with Crippen molar-refractivity contribution in [3.63, 3.8) is 0 Å². The van der Waals surface area contributed by atoms with Crippen molar-refractivity contribution in [3.05, 3.63) is 47.2 Å². The highest BCUT2D eigenvalue weighted by Crippen LogP contribution is 2.33. The fourth-order valence-electron chi connectivity index (χ4n) is 2.51. The number of thiol groups is 1. The largest absolute Gasteiger partial charge is 0.416 e. The molecule has 0 fully saturated rings. The number of benzene rings is 1. The summed E-state index contributed by atoms with van der Waals surface area (Å²) in [6.45, 7) is 2.62. The van der Waals surface area contributed by atoms with E-state index in [-0.39, 0.29) is 17.6 Å². The predicted octanol–water partition coefficient (Wildman–Crippen LogP) is 3.89. The quantitative estimate of drug-likeness (QED) is 0.799. The van der Waals surface area contributed by atoms with Crippen molar-refractivity contribution >= 4 is 10.7 Å². The molecule has 0 atom stereocenters. The second-order valence-electron chi connectivity index (χ2n) is 5.74. The highest BCUT2D eigenvalue weighted by molar-refractivity contribution is 7.71.